The molecule has 3 aromatic rings. The highest BCUT2D eigenvalue weighted by molar-refractivity contribution is 7.22. The fraction of sp³-hybridized carbons (Fsp3) is 0.300. The number of ether oxygens (including phenoxy) is 1. The van der Waals surface area contributed by atoms with E-state index in [1.165, 1.54) is 18.2 Å². The number of benzene rings is 2. The third-order valence-electron chi connectivity index (χ3n) is 4.89. The first kappa shape index (κ1) is 20.4. The third kappa shape index (κ3) is 3.90. The Morgan fingerprint density at radius 3 is 2.73 bits per heavy atom. The Hall–Kier alpha value is -2.91. The molecule has 0 aliphatic carbocycles. The lowest BCUT2D eigenvalue weighted by atomic mass is 10.1. The topological polar surface area (TPSA) is 88.8 Å². The number of carbonyl (C=O) groups excluding carboxylic acids is 1. The van der Waals surface area contributed by atoms with Crippen molar-refractivity contribution >= 4 is 49.9 Å². The summed E-state index contributed by atoms with van der Waals surface area (Å²) in [5.74, 6) is 0.381. The second kappa shape index (κ2) is 8.45. The Morgan fingerprint density at radius 2 is 2.03 bits per heavy atom. The minimum atomic E-state index is -0.559. The van der Waals surface area contributed by atoms with Gasteiger partial charge in [0, 0.05) is 37.3 Å². The monoisotopic (exact) mass is 446 g/mol. The molecule has 0 saturated carbocycles. The maximum atomic E-state index is 12.9. The molecule has 8 nitrogen and oxygen atoms in total. The fourth-order valence-electron chi connectivity index (χ4n) is 3.43. The van der Waals surface area contributed by atoms with Gasteiger partial charge in [-0.1, -0.05) is 29.0 Å². The van der Waals surface area contributed by atoms with E-state index >= 15 is 0 Å². The van der Waals surface area contributed by atoms with Crippen molar-refractivity contribution in [2.45, 2.75) is 6.92 Å². The minimum Gasteiger partial charge on any atom is -0.492 e. The molecule has 0 bridgehead atoms. The molecule has 2 heterocycles. The molecule has 2 aromatic carbocycles. The van der Waals surface area contributed by atoms with E-state index < -0.39 is 4.92 Å². The molecule has 156 valence electrons. The lowest BCUT2D eigenvalue weighted by Gasteiger charge is -2.34. The van der Waals surface area contributed by atoms with E-state index in [0.29, 0.717) is 37.8 Å². The van der Waals surface area contributed by atoms with Crippen LogP contribution in [-0.4, -0.2) is 53.5 Å². The number of hydrogen-bond donors (Lipinski definition) is 0. The number of halogens is 1. The number of hydrogen-bond acceptors (Lipinski definition) is 7. The molecule has 0 N–H and O–H groups in total. The number of amides is 1. The second-order valence-corrected chi connectivity index (χ2v) is 8.18. The summed E-state index contributed by atoms with van der Waals surface area (Å²) in [6, 6.07) is 9.91. The first-order valence-corrected chi connectivity index (χ1v) is 10.7. The van der Waals surface area contributed by atoms with Crippen LogP contribution in [0.1, 0.15) is 17.3 Å². The zero-order valence-corrected chi connectivity index (χ0v) is 17.8. The smallest absolute Gasteiger partial charge is 0.282 e. The number of fused-ring (bicyclic) bond motifs is 1. The van der Waals surface area contributed by atoms with E-state index in [1.54, 1.807) is 16.2 Å². The molecule has 0 unspecified atom stereocenters. The van der Waals surface area contributed by atoms with Gasteiger partial charge < -0.3 is 14.5 Å². The SMILES string of the molecule is CCOc1cccc2sc(N3CCN(C(=O)c4cc(Cl)ccc4[N+](=O)[O-])CC3)nc12. The molecule has 10 heteroatoms. The Balaban J connectivity index is 1.50. The first-order chi connectivity index (χ1) is 14.5. The number of nitro benzene ring substituents is 1. The number of anilines is 1. The summed E-state index contributed by atoms with van der Waals surface area (Å²) < 4.78 is 6.71. The lowest BCUT2D eigenvalue weighted by Crippen LogP contribution is -2.48. The van der Waals surface area contributed by atoms with Crippen LogP contribution in [0.5, 0.6) is 5.75 Å². The maximum Gasteiger partial charge on any atom is 0.282 e. The van der Waals surface area contributed by atoms with Crippen LogP contribution < -0.4 is 9.64 Å². The van der Waals surface area contributed by atoms with E-state index in [9.17, 15) is 14.9 Å². The Bertz CT molecular complexity index is 1110. The normalized spacial score (nSPS) is 14.2. The van der Waals surface area contributed by atoms with Crippen molar-refractivity contribution in [3.05, 3.63) is 57.1 Å². The standard InChI is InChI=1S/C20H19ClN4O4S/c1-2-29-16-4-3-5-17-18(16)22-20(30-17)24-10-8-23(9-11-24)19(26)14-12-13(21)6-7-15(14)25(27)28/h3-7,12H,2,8-11H2,1H3. The van der Waals surface area contributed by atoms with Crippen LogP contribution >= 0.6 is 22.9 Å². The minimum absolute atomic E-state index is 0.0160. The van der Waals surface area contributed by atoms with Gasteiger partial charge in [0.15, 0.2) is 5.13 Å². The van der Waals surface area contributed by atoms with Gasteiger partial charge in [0.2, 0.25) is 0 Å². The highest BCUT2D eigenvalue weighted by atomic mass is 35.5. The molecule has 30 heavy (non-hydrogen) atoms. The van der Waals surface area contributed by atoms with Crippen LogP contribution in [-0.2, 0) is 0 Å². The average molecular weight is 447 g/mol. The fourth-order valence-corrected chi connectivity index (χ4v) is 4.64. The largest absolute Gasteiger partial charge is 0.492 e. The van der Waals surface area contributed by atoms with Gasteiger partial charge in [0.1, 0.15) is 16.8 Å². The Morgan fingerprint density at radius 1 is 1.27 bits per heavy atom. The average Bonchev–Trinajstić information content (AvgIpc) is 3.19. The first-order valence-electron chi connectivity index (χ1n) is 9.48. The molecular weight excluding hydrogens is 428 g/mol. The van der Waals surface area contributed by atoms with Gasteiger partial charge in [0.25, 0.3) is 11.6 Å². The summed E-state index contributed by atoms with van der Waals surface area (Å²) in [5.41, 5.74) is 0.621. The van der Waals surface area contributed by atoms with Crippen molar-refractivity contribution in [1.82, 2.24) is 9.88 Å². The number of rotatable bonds is 5. The van der Waals surface area contributed by atoms with Gasteiger partial charge in [-0.15, -0.1) is 0 Å². The lowest BCUT2D eigenvalue weighted by molar-refractivity contribution is -0.385. The van der Waals surface area contributed by atoms with Gasteiger partial charge in [-0.05, 0) is 31.2 Å². The van der Waals surface area contributed by atoms with Gasteiger partial charge in [-0.25, -0.2) is 4.98 Å². The molecule has 0 radical (unpaired) electrons. The van der Waals surface area contributed by atoms with Crippen LogP contribution in [0.4, 0.5) is 10.8 Å². The van der Waals surface area contributed by atoms with Crippen molar-refractivity contribution in [3.63, 3.8) is 0 Å². The van der Waals surface area contributed by atoms with Gasteiger partial charge >= 0.3 is 0 Å². The number of para-hydroxylation sites is 1. The molecule has 1 fully saturated rings. The maximum absolute atomic E-state index is 12.9. The summed E-state index contributed by atoms with van der Waals surface area (Å²) in [7, 11) is 0. The molecule has 1 amide bonds. The molecule has 1 aliphatic rings. The van der Waals surface area contributed by atoms with E-state index in [1.807, 2.05) is 25.1 Å². The van der Waals surface area contributed by atoms with Crippen LogP contribution in [0.3, 0.4) is 0 Å². The highest BCUT2D eigenvalue weighted by Crippen LogP contribution is 2.34. The van der Waals surface area contributed by atoms with Gasteiger partial charge in [-0.3, -0.25) is 14.9 Å². The predicted molar refractivity (Wildman–Crippen MR) is 117 cm³/mol. The zero-order chi connectivity index (χ0) is 21.3. The number of piperazine rings is 1. The second-order valence-electron chi connectivity index (χ2n) is 6.73. The summed E-state index contributed by atoms with van der Waals surface area (Å²) in [5, 5.41) is 12.4. The van der Waals surface area contributed by atoms with Crippen LogP contribution in [0.2, 0.25) is 5.02 Å². The Labute approximate surface area is 181 Å². The van der Waals surface area contributed by atoms with Crippen molar-refractivity contribution in [2.24, 2.45) is 0 Å². The van der Waals surface area contributed by atoms with Crippen LogP contribution in [0.25, 0.3) is 10.2 Å². The van der Waals surface area contributed by atoms with E-state index in [0.717, 1.165) is 21.1 Å². The molecule has 1 saturated heterocycles. The molecule has 4 rings (SSSR count). The number of thiazole rings is 1. The van der Waals surface area contributed by atoms with Crippen molar-refractivity contribution in [2.75, 3.05) is 37.7 Å². The third-order valence-corrected chi connectivity index (χ3v) is 6.21. The quantitative estimate of drug-likeness (QED) is 0.430. The molecule has 0 atom stereocenters. The number of aromatic nitrogens is 1. The predicted octanol–water partition coefficient (Wildman–Crippen LogP) is 4.22. The van der Waals surface area contributed by atoms with Gasteiger partial charge in [-0.2, -0.15) is 0 Å². The van der Waals surface area contributed by atoms with Crippen molar-refractivity contribution in [3.8, 4) is 5.75 Å². The van der Waals surface area contributed by atoms with Crippen LogP contribution in [0.15, 0.2) is 36.4 Å². The van der Waals surface area contributed by atoms with E-state index in [-0.39, 0.29) is 17.2 Å². The van der Waals surface area contributed by atoms with E-state index in [4.69, 9.17) is 21.3 Å². The number of nitrogens with zero attached hydrogens (tertiary/aromatic N) is 4. The highest BCUT2D eigenvalue weighted by Gasteiger charge is 2.28. The molecule has 0 spiro atoms. The summed E-state index contributed by atoms with van der Waals surface area (Å²) in [4.78, 5) is 32.1. The summed E-state index contributed by atoms with van der Waals surface area (Å²) >= 11 is 7.55. The zero-order valence-electron chi connectivity index (χ0n) is 16.2. The van der Waals surface area contributed by atoms with Crippen molar-refractivity contribution < 1.29 is 14.5 Å². The number of nitro groups is 1. The van der Waals surface area contributed by atoms with E-state index in [2.05, 4.69) is 4.90 Å². The molecular formula is C20H19ClN4O4S. The molecule has 1 aromatic heterocycles. The molecule has 1 aliphatic heterocycles. The van der Waals surface area contributed by atoms with Crippen LogP contribution in [0, 0.1) is 10.1 Å². The van der Waals surface area contributed by atoms with Crippen molar-refractivity contribution in [1.29, 1.82) is 0 Å². The summed E-state index contributed by atoms with van der Waals surface area (Å²) in [6.07, 6.45) is 0. The number of carbonyl (C=O) groups is 1. The Kier molecular flexibility index (Phi) is 5.74. The van der Waals surface area contributed by atoms with Gasteiger partial charge in [0.05, 0.1) is 16.2 Å². The summed E-state index contributed by atoms with van der Waals surface area (Å²) in [6.45, 7) is 4.57.